The van der Waals surface area contributed by atoms with E-state index in [0.29, 0.717) is 13.0 Å². The van der Waals surface area contributed by atoms with Gasteiger partial charge in [-0.25, -0.2) is 5.43 Å². The third-order valence-corrected chi connectivity index (χ3v) is 2.84. The summed E-state index contributed by atoms with van der Waals surface area (Å²) < 4.78 is 5.29. The summed E-state index contributed by atoms with van der Waals surface area (Å²) >= 11 is 0. The summed E-state index contributed by atoms with van der Waals surface area (Å²) in [5, 5.41) is 26.0. The average Bonchev–Trinajstić information content (AvgIpc) is 2.55. The van der Waals surface area contributed by atoms with Gasteiger partial charge in [-0.3, -0.25) is 19.7 Å². The first-order valence-corrected chi connectivity index (χ1v) is 7.51. The van der Waals surface area contributed by atoms with Crippen molar-refractivity contribution in [3.05, 3.63) is 33.9 Å². The number of amides is 2. The summed E-state index contributed by atoms with van der Waals surface area (Å²) in [5.74, 6) is -2.29. The molecule has 0 unspecified atom stereocenters. The molecule has 0 saturated heterocycles. The zero-order valence-electron chi connectivity index (χ0n) is 13.9. The Morgan fingerprint density at radius 3 is 2.76 bits per heavy atom. The highest BCUT2D eigenvalue weighted by Crippen LogP contribution is 2.25. The van der Waals surface area contributed by atoms with Crippen molar-refractivity contribution in [1.82, 2.24) is 10.7 Å². The van der Waals surface area contributed by atoms with Gasteiger partial charge in [-0.1, -0.05) is 0 Å². The molecule has 0 aromatic heterocycles. The van der Waals surface area contributed by atoms with Crippen molar-refractivity contribution in [2.75, 3.05) is 13.2 Å². The van der Waals surface area contributed by atoms with E-state index in [-0.39, 0.29) is 18.2 Å². The van der Waals surface area contributed by atoms with Crippen LogP contribution in [0, 0.1) is 10.1 Å². The average molecular weight is 352 g/mol. The molecular weight excluding hydrogens is 332 g/mol. The first kappa shape index (κ1) is 20.0. The normalized spacial score (nSPS) is 10.8. The number of hydrogen-bond donors (Lipinski definition) is 3. The number of aromatic hydroxyl groups is 1. The highest BCUT2D eigenvalue weighted by Gasteiger charge is 2.13. The second kappa shape index (κ2) is 9.98. The minimum Gasteiger partial charge on any atom is -0.502 e. The number of rotatable bonds is 8. The molecule has 0 fully saturated rings. The Morgan fingerprint density at radius 1 is 1.40 bits per heavy atom. The van der Waals surface area contributed by atoms with Crippen molar-refractivity contribution in [2.24, 2.45) is 5.10 Å². The minimum atomic E-state index is -0.964. The first-order chi connectivity index (χ1) is 11.8. The van der Waals surface area contributed by atoms with Gasteiger partial charge in [0.25, 0.3) is 0 Å². The van der Waals surface area contributed by atoms with Gasteiger partial charge in [-0.05, 0) is 32.4 Å². The molecule has 3 N–H and O–H groups in total. The van der Waals surface area contributed by atoms with E-state index in [1.807, 2.05) is 19.3 Å². The molecule has 0 radical (unpaired) electrons. The van der Waals surface area contributed by atoms with Crippen LogP contribution in [-0.4, -0.2) is 47.3 Å². The lowest BCUT2D eigenvalue weighted by Gasteiger charge is -2.07. The summed E-state index contributed by atoms with van der Waals surface area (Å²) in [6, 6.07) is 3.58. The Balaban J connectivity index is 2.42. The molecule has 2 amide bonds. The van der Waals surface area contributed by atoms with Crippen LogP contribution in [-0.2, 0) is 14.3 Å². The molecule has 10 nitrogen and oxygen atoms in total. The summed E-state index contributed by atoms with van der Waals surface area (Å²) in [7, 11) is 0. The van der Waals surface area contributed by atoms with Crippen LogP contribution in [0.25, 0.3) is 0 Å². The molecule has 0 spiro atoms. The van der Waals surface area contributed by atoms with E-state index in [1.165, 1.54) is 6.07 Å². The standard InChI is InChI=1S/C15H20N4O6/c1-10(2)25-7-3-6-16-14(21)15(22)18-17-9-11-4-5-13(20)12(8-11)19(23)24/h4-5,8-10,20H,3,6-7H2,1-2H3,(H,16,21)(H,18,22)/b17-9-. The molecule has 1 aromatic rings. The summed E-state index contributed by atoms with van der Waals surface area (Å²) in [6.07, 6.45) is 1.79. The fourth-order valence-electron chi connectivity index (χ4n) is 1.66. The molecule has 0 aliphatic carbocycles. The van der Waals surface area contributed by atoms with Gasteiger partial charge in [0.15, 0.2) is 5.75 Å². The van der Waals surface area contributed by atoms with Crippen molar-refractivity contribution >= 4 is 23.7 Å². The topological polar surface area (TPSA) is 143 Å². The molecule has 25 heavy (non-hydrogen) atoms. The number of nitro benzene ring substituents is 1. The number of benzene rings is 1. The van der Waals surface area contributed by atoms with Crippen LogP contribution in [0.1, 0.15) is 25.8 Å². The van der Waals surface area contributed by atoms with Gasteiger partial charge in [-0.15, -0.1) is 0 Å². The number of hydrazone groups is 1. The molecule has 1 aromatic carbocycles. The van der Waals surface area contributed by atoms with Crippen molar-refractivity contribution in [1.29, 1.82) is 0 Å². The van der Waals surface area contributed by atoms with E-state index >= 15 is 0 Å². The van der Waals surface area contributed by atoms with Crippen molar-refractivity contribution in [3.8, 4) is 5.75 Å². The Kier molecular flexibility index (Phi) is 8.00. The van der Waals surface area contributed by atoms with E-state index in [2.05, 4.69) is 10.4 Å². The van der Waals surface area contributed by atoms with Gasteiger partial charge < -0.3 is 15.2 Å². The summed E-state index contributed by atoms with van der Waals surface area (Å²) in [5.41, 5.74) is 1.79. The Morgan fingerprint density at radius 2 is 2.12 bits per heavy atom. The predicted octanol–water partition coefficient (Wildman–Crippen LogP) is 0.682. The van der Waals surface area contributed by atoms with E-state index in [9.17, 15) is 24.8 Å². The molecule has 0 saturated carbocycles. The number of nitro groups is 1. The molecule has 0 atom stereocenters. The highest BCUT2D eigenvalue weighted by molar-refractivity contribution is 6.35. The quantitative estimate of drug-likeness (QED) is 0.206. The van der Waals surface area contributed by atoms with Gasteiger partial charge in [0.2, 0.25) is 0 Å². The van der Waals surface area contributed by atoms with Crippen LogP contribution in [0.4, 0.5) is 5.69 Å². The summed E-state index contributed by atoms with van der Waals surface area (Å²) in [4.78, 5) is 33.0. The SMILES string of the molecule is CC(C)OCCCNC(=O)C(=O)N/N=C\c1ccc(O)c([N+](=O)[O-])c1. The van der Waals surface area contributed by atoms with Crippen LogP contribution in [0.15, 0.2) is 23.3 Å². The zero-order chi connectivity index (χ0) is 18.8. The highest BCUT2D eigenvalue weighted by atomic mass is 16.6. The first-order valence-electron chi connectivity index (χ1n) is 7.51. The molecule has 0 aliphatic heterocycles. The fourth-order valence-corrected chi connectivity index (χ4v) is 1.66. The van der Waals surface area contributed by atoms with Crippen LogP contribution < -0.4 is 10.7 Å². The molecule has 1 rings (SSSR count). The zero-order valence-corrected chi connectivity index (χ0v) is 13.9. The lowest BCUT2D eigenvalue weighted by Crippen LogP contribution is -2.38. The second-order valence-electron chi connectivity index (χ2n) is 5.23. The van der Waals surface area contributed by atoms with Gasteiger partial charge in [0.1, 0.15) is 0 Å². The van der Waals surface area contributed by atoms with Crippen LogP contribution in [0.2, 0.25) is 0 Å². The van der Waals surface area contributed by atoms with Crippen molar-refractivity contribution in [3.63, 3.8) is 0 Å². The molecule has 0 aliphatic rings. The number of carbonyl (C=O) groups excluding carboxylic acids is 2. The molecular formula is C15H20N4O6. The number of nitrogens with one attached hydrogen (secondary N) is 2. The van der Waals surface area contributed by atoms with Gasteiger partial charge in [-0.2, -0.15) is 5.10 Å². The van der Waals surface area contributed by atoms with Gasteiger partial charge in [0.05, 0.1) is 17.2 Å². The Labute approximate surface area is 144 Å². The lowest BCUT2D eigenvalue weighted by molar-refractivity contribution is -0.385. The second-order valence-corrected chi connectivity index (χ2v) is 5.23. The third kappa shape index (κ3) is 7.40. The predicted molar refractivity (Wildman–Crippen MR) is 89.2 cm³/mol. The maximum Gasteiger partial charge on any atom is 0.329 e. The maximum atomic E-state index is 11.5. The smallest absolute Gasteiger partial charge is 0.329 e. The minimum absolute atomic E-state index is 0.101. The van der Waals surface area contributed by atoms with Gasteiger partial charge >= 0.3 is 17.5 Å². The monoisotopic (exact) mass is 352 g/mol. The maximum absolute atomic E-state index is 11.5. The Bertz CT molecular complexity index is 659. The summed E-state index contributed by atoms with van der Waals surface area (Å²) in [6.45, 7) is 4.55. The van der Waals surface area contributed by atoms with Crippen molar-refractivity contribution < 1.29 is 24.4 Å². The molecule has 0 heterocycles. The van der Waals surface area contributed by atoms with E-state index in [1.54, 1.807) is 0 Å². The van der Waals surface area contributed by atoms with Crippen LogP contribution >= 0.6 is 0 Å². The van der Waals surface area contributed by atoms with E-state index in [4.69, 9.17) is 4.74 Å². The molecule has 136 valence electrons. The molecule has 10 heteroatoms. The Hall–Kier alpha value is -3.01. The molecule has 0 bridgehead atoms. The van der Waals surface area contributed by atoms with Gasteiger partial charge in [0, 0.05) is 24.8 Å². The number of carbonyl (C=O) groups is 2. The van der Waals surface area contributed by atoms with E-state index in [0.717, 1.165) is 18.3 Å². The lowest BCUT2D eigenvalue weighted by atomic mass is 10.2. The third-order valence-electron chi connectivity index (χ3n) is 2.84. The number of phenolic OH excluding ortho intramolecular Hbond substituents is 1. The largest absolute Gasteiger partial charge is 0.502 e. The number of nitrogens with zero attached hydrogens (tertiary/aromatic N) is 2. The number of hydrogen-bond acceptors (Lipinski definition) is 7. The van der Waals surface area contributed by atoms with Crippen LogP contribution in [0.3, 0.4) is 0 Å². The van der Waals surface area contributed by atoms with Crippen LogP contribution in [0.5, 0.6) is 5.75 Å². The fraction of sp³-hybridized carbons (Fsp3) is 0.400. The number of ether oxygens (including phenoxy) is 1. The number of phenols is 1. The van der Waals surface area contributed by atoms with E-state index < -0.39 is 28.2 Å². The van der Waals surface area contributed by atoms with Crippen molar-refractivity contribution in [2.45, 2.75) is 26.4 Å².